The molecule has 1 fully saturated rings. The van der Waals surface area contributed by atoms with Crippen LogP contribution in [-0.4, -0.2) is 6.04 Å². The molecule has 1 aromatic rings. The zero-order chi connectivity index (χ0) is 9.47. The van der Waals surface area contributed by atoms with Crippen molar-refractivity contribution in [1.29, 1.82) is 0 Å². The Morgan fingerprint density at radius 1 is 1.69 bits per heavy atom. The Labute approximate surface area is 88.1 Å². The second kappa shape index (κ2) is 3.26. The summed E-state index contributed by atoms with van der Waals surface area (Å²) < 4.78 is 0.922. The van der Waals surface area contributed by atoms with Gasteiger partial charge in [-0.2, -0.15) is 0 Å². The molecule has 1 N–H and O–H groups in total. The van der Waals surface area contributed by atoms with E-state index in [1.165, 1.54) is 12.0 Å². The summed E-state index contributed by atoms with van der Waals surface area (Å²) in [6.07, 6.45) is 1.29. The van der Waals surface area contributed by atoms with Gasteiger partial charge in [0.2, 0.25) is 0 Å². The lowest BCUT2D eigenvalue weighted by atomic mass is 10.2. The van der Waals surface area contributed by atoms with Gasteiger partial charge in [-0.3, -0.25) is 0 Å². The third-order valence-corrected chi connectivity index (χ3v) is 4.00. The topological polar surface area (TPSA) is 12.0 Å². The van der Waals surface area contributed by atoms with Crippen LogP contribution in [0.4, 0.5) is 0 Å². The molecule has 1 aliphatic rings. The summed E-state index contributed by atoms with van der Waals surface area (Å²) in [5.41, 5.74) is 1.73. The van der Waals surface area contributed by atoms with Crippen LogP contribution in [0.2, 0.25) is 4.34 Å². The Balaban J connectivity index is 1.85. The standard InChI is InChI=1S/C10H14ClNS/c1-10(2)5-8(10)12-6-7-3-4-13-9(7)11/h3-4,8,12H,5-6H2,1-2H3. The quantitative estimate of drug-likeness (QED) is 0.816. The van der Waals surface area contributed by atoms with Crippen LogP contribution in [-0.2, 0) is 6.54 Å². The summed E-state index contributed by atoms with van der Waals surface area (Å²) in [6, 6.07) is 2.78. The first-order valence-corrected chi connectivity index (χ1v) is 5.80. The Hall–Kier alpha value is -0.0500. The van der Waals surface area contributed by atoms with E-state index in [0.717, 1.165) is 10.9 Å². The SMILES string of the molecule is CC1(C)CC1NCc1ccsc1Cl. The van der Waals surface area contributed by atoms with Gasteiger partial charge in [0, 0.05) is 12.6 Å². The summed E-state index contributed by atoms with van der Waals surface area (Å²) in [5, 5.41) is 5.55. The van der Waals surface area contributed by atoms with Gasteiger partial charge >= 0.3 is 0 Å². The highest BCUT2D eigenvalue weighted by Gasteiger charge is 2.44. The van der Waals surface area contributed by atoms with E-state index in [1.54, 1.807) is 11.3 Å². The lowest BCUT2D eigenvalue weighted by Gasteiger charge is -2.05. The van der Waals surface area contributed by atoms with Gasteiger partial charge in [-0.05, 0) is 28.8 Å². The second-order valence-corrected chi connectivity index (χ2v) is 5.86. The first-order valence-electron chi connectivity index (χ1n) is 4.55. The van der Waals surface area contributed by atoms with Crippen molar-refractivity contribution in [3.8, 4) is 0 Å². The zero-order valence-corrected chi connectivity index (χ0v) is 9.50. The first-order chi connectivity index (χ1) is 6.09. The minimum Gasteiger partial charge on any atom is -0.309 e. The fourth-order valence-corrected chi connectivity index (χ4v) is 2.42. The van der Waals surface area contributed by atoms with Crippen molar-refractivity contribution < 1.29 is 0 Å². The van der Waals surface area contributed by atoms with E-state index < -0.39 is 0 Å². The van der Waals surface area contributed by atoms with Crippen LogP contribution in [0.25, 0.3) is 0 Å². The van der Waals surface area contributed by atoms with Crippen molar-refractivity contribution in [2.24, 2.45) is 5.41 Å². The van der Waals surface area contributed by atoms with Crippen molar-refractivity contribution in [3.05, 3.63) is 21.3 Å². The number of nitrogens with one attached hydrogen (secondary N) is 1. The molecular weight excluding hydrogens is 202 g/mol. The van der Waals surface area contributed by atoms with E-state index >= 15 is 0 Å². The van der Waals surface area contributed by atoms with E-state index in [-0.39, 0.29) is 0 Å². The average molecular weight is 216 g/mol. The van der Waals surface area contributed by atoms with Gasteiger partial charge in [-0.25, -0.2) is 0 Å². The molecule has 0 saturated heterocycles. The van der Waals surface area contributed by atoms with E-state index in [0.29, 0.717) is 11.5 Å². The molecule has 0 aliphatic heterocycles. The van der Waals surface area contributed by atoms with Gasteiger partial charge in [-0.1, -0.05) is 25.4 Å². The maximum Gasteiger partial charge on any atom is 0.0973 e. The van der Waals surface area contributed by atoms with Gasteiger partial charge in [0.15, 0.2) is 0 Å². The lowest BCUT2D eigenvalue weighted by molar-refractivity contribution is 0.542. The van der Waals surface area contributed by atoms with Crippen molar-refractivity contribution >= 4 is 22.9 Å². The number of rotatable bonds is 3. The van der Waals surface area contributed by atoms with Crippen LogP contribution in [0, 0.1) is 5.41 Å². The second-order valence-electron chi connectivity index (χ2n) is 4.35. The number of halogens is 1. The Bertz CT molecular complexity index is 306. The third-order valence-electron chi connectivity index (χ3n) is 2.75. The molecule has 3 heteroatoms. The number of hydrogen-bond acceptors (Lipinski definition) is 2. The van der Waals surface area contributed by atoms with Gasteiger partial charge in [0.1, 0.15) is 0 Å². The monoisotopic (exact) mass is 215 g/mol. The van der Waals surface area contributed by atoms with E-state index in [2.05, 4.69) is 25.2 Å². The molecule has 1 nitrogen and oxygen atoms in total. The molecule has 1 atom stereocenters. The molecule has 1 saturated carbocycles. The number of thiophene rings is 1. The van der Waals surface area contributed by atoms with Gasteiger partial charge in [0.25, 0.3) is 0 Å². The van der Waals surface area contributed by atoms with Gasteiger partial charge in [0.05, 0.1) is 4.34 Å². The summed E-state index contributed by atoms with van der Waals surface area (Å²) in [5.74, 6) is 0. The molecule has 2 rings (SSSR count). The van der Waals surface area contributed by atoms with Crippen LogP contribution in [0.5, 0.6) is 0 Å². The predicted octanol–water partition coefficient (Wildman–Crippen LogP) is 3.29. The van der Waals surface area contributed by atoms with Crippen molar-refractivity contribution in [2.75, 3.05) is 0 Å². The molecular formula is C10H14ClNS. The summed E-state index contributed by atoms with van der Waals surface area (Å²) in [6.45, 7) is 5.50. The average Bonchev–Trinajstić information content (AvgIpc) is 2.47. The maximum absolute atomic E-state index is 5.99. The summed E-state index contributed by atoms with van der Waals surface area (Å²) in [4.78, 5) is 0. The first kappa shape index (κ1) is 9.50. The van der Waals surface area contributed by atoms with Crippen LogP contribution in [0.1, 0.15) is 25.8 Å². The molecule has 0 bridgehead atoms. The van der Waals surface area contributed by atoms with E-state index in [9.17, 15) is 0 Å². The zero-order valence-electron chi connectivity index (χ0n) is 7.93. The van der Waals surface area contributed by atoms with Crippen molar-refractivity contribution in [2.45, 2.75) is 32.9 Å². The normalized spacial score (nSPS) is 24.7. The number of hydrogen-bond donors (Lipinski definition) is 1. The van der Waals surface area contributed by atoms with Crippen LogP contribution < -0.4 is 5.32 Å². The Kier molecular flexibility index (Phi) is 2.39. The molecule has 0 radical (unpaired) electrons. The maximum atomic E-state index is 5.99. The lowest BCUT2D eigenvalue weighted by Crippen LogP contribution is -2.19. The summed E-state index contributed by atoms with van der Waals surface area (Å²) >= 11 is 7.60. The van der Waals surface area contributed by atoms with Gasteiger partial charge < -0.3 is 5.32 Å². The largest absolute Gasteiger partial charge is 0.309 e. The molecule has 0 aromatic carbocycles. The third kappa shape index (κ3) is 2.06. The molecule has 1 aliphatic carbocycles. The minimum atomic E-state index is 0.502. The van der Waals surface area contributed by atoms with Crippen molar-refractivity contribution in [3.63, 3.8) is 0 Å². The van der Waals surface area contributed by atoms with E-state index in [1.807, 2.05) is 5.38 Å². The van der Waals surface area contributed by atoms with Crippen LogP contribution in [0.15, 0.2) is 11.4 Å². The summed E-state index contributed by atoms with van der Waals surface area (Å²) in [7, 11) is 0. The minimum absolute atomic E-state index is 0.502. The molecule has 72 valence electrons. The highest BCUT2D eigenvalue weighted by Crippen LogP contribution is 2.44. The molecule has 13 heavy (non-hydrogen) atoms. The highest BCUT2D eigenvalue weighted by molar-refractivity contribution is 7.14. The highest BCUT2D eigenvalue weighted by atomic mass is 35.5. The van der Waals surface area contributed by atoms with Gasteiger partial charge in [-0.15, -0.1) is 11.3 Å². The van der Waals surface area contributed by atoms with Crippen LogP contribution in [0.3, 0.4) is 0 Å². The van der Waals surface area contributed by atoms with E-state index in [4.69, 9.17) is 11.6 Å². The molecule has 1 heterocycles. The molecule has 0 spiro atoms. The fourth-order valence-electron chi connectivity index (χ4n) is 1.49. The Morgan fingerprint density at radius 3 is 2.85 bits per heavy atom. The van der Waals surface area contributed by atoms with Crippen LogP contribution >= 0.6 is 22.9 Å². The molecule has 1 unspecified atom stereocenters. The molecule has 1 aromatic heterocycles. The fraction of sp³-hybridized carbons (Fsp3) is 0.600. The van der Waals surface area contributed by atoms with Crippen molar-refractivity contribution in [1.82, 2.24) is 5.32 Å². The predicted molar refractivity (Wildman–Crippen MR) is 58.4 cm³/mol. The Morgan fingerprint density at radius 2 is 2.38 bits per heavy atom. The smallest absolute Gasteiger partial charge is 0.0973 e. The molecule has 0 amide bonds.